The van der Waals surface area contributed by atoms with E-state index in [4.69, 9.17) is 9.47 Å². The maximum absolute atomic E-state index is 12.3. The molecule has 0 bridgehead atoms. The van der Waals surface area contributed by atoms with E-state index >= 15 is 0 Å². The average molecular weight is 344 g/mol. The van der Waals surface area contributed by atoms with Crippen LogP contribution in [0.25, 0.3) is 0 Å². The molecule has 1 saturated carbocycles. The highest BCUT2D eigenvalue weighted by atomic mass is 79.9. The normalized spacial score (nSPS) is 15.6. The van der Waals surface area contributed by atoms with Crippen LogP contribution in [0.2, 0.25) is 0 Å². The first kappa shape index (κ1) is 15.1. The molecule has 2 N–H and O–H groups in total. The van der Waals surface area contributed by atoms with Crippen LogP contribution in [0.4, 0.5) is 0 Å². The van der Waals surface area contributed by atoms with Crippen LogP contribution >= 0.6 is 15.9 Å². The summed E-state index contributed by atoms with van der Waals surface area (Å²) in [7, 11) is 3.06. The molecule has 0 aromatic heterocycles. The van der Waals surface area contributed by atoms with Gasteiger partial charge in [0.15, 0.2) is 0 Å². The summed E-state index contributed by atoms with van der Waals surface area (Å²) in [5.74, 6) is 0.810. The molecule has 1 aromatic carbocycles. The Morgan fingerprint density at radius 1 is 1.40 bits per heavy atom. The van der Waals surface area contributed by atoms with Gasteiger partial charge in [0.25, 0.3) is 5.91 Å². The van der Waals surface area contributed by atoms with Gasteiger partial charge in [-0.15, -0.1) is 0 Å². The van der Waals surface area contributed by atoms with Gasteiger partial charge in [0.05, 0.1) is 30.9 Å². The SMILES string of the molecule is COc1cc(Br)c(OC)c(C(=O)NCC2(CO)CC2)c1. The van der Waals surface area contributed by atoms with Crippen LogP contribution in [0, 0.1) is 5.41 Å². The lowest BCUT2D eigenvalue weighted by Gasteiger charge is -2.15. The second kappa shape index (κ2) is 6.01. The number of halogens is 1. The van der Waals surface area contributed by atoms with E-state index in [1.54, 1.807) is 19.2 Å². The third kappa shape index (κ3) is 3.07. The number of carbonyl (C=O) groups excluding carboxylic acids is 1. The second-order valence-electron chi connectivity index (χ2n) is 5.03. The maximum Gasteiger partial charge on any atom is 0.255 e. The van der Waals surface area contributed by atoms with Crippen molar-refractivity contribution in [2.24, 2.45) is 5.41 Å². The number of amides is 1. The average Bonchev–Trinajstić information content (AvgIpc) is 3.24. The van der Waals surface area contributed by atoms with Crippen molar-refractivity contribution in [3.05, 3.63) is 22.2 Å². The summed E-state index contributed by atoms with van der Waals surface area (Å²) in [5.41, 5.74) is 0.284. The quantitative estimate of drug-likeness (QED) is 0.828. The molecule has 0 unspecified atom stereocenters. The monoisotopic (exact) mass is 343 g/mol. The highest BCUT2D eigenvalue weighted by molar-refractivity contribution is 9.10. The molecule has 5 nitrogen and oxygen atoms in total. The number of benzene rings is 1. The number of hydrogen-bond acceptors (Lipinski definition) is 4. The number of rotatable bonds is 6. The van der Waals surface area contributed by atoms with Crippen LogP contribution in [0.1, 0.15) is 23.2 Å². The third-order valence-corrected chi connectivity index (χ3v) is 4.21. The van der Waals surface area contributed by atoms with Crippen molar-refractivity contribution < 1.29 is 19.4 Å². The van der Waals surface area contributed by atoms with E-state index in [0.29, 0.717) is 28.1 Å². The standard InChI is InChI=1S/C14H18BrNO4/c1-19-9-5-10(12(20-2)11(15)6-9)13(18)16-7-14(8-17)3-4-14/h5-6,17H,3-4,7-8H2,1-2H3,(H,16,18). The number of aliphatic hydroxyl groups excluding tert-OH is 1. The molecule has 110 valence electrons. The summed E-state index contributed by atoms with van der Waals surface area (Å²) < 4.78 is 11.1. The van der Waals surface area contributed by atoms with Crippen LogP contribution < -0.4 is 14.8 Å². The molecule has 0 aliphatic heterocycles. The van der Waals surface area contributed by atoms with Crippen molar-refractivity contribution in [1.29, 1.82) is 0 Å². The number of carbonyl (C=O) groups is 1. The fourth-order valence-corrected chi connectivity index (χ4v) is 2.59. The van der Waals surface area contributed by atoms with Gasteiger partial charge in [0.1, 0.15) is 11.5 Å². The Labute approximate surface area is 126 Å². The second-order valence-corrected chi connectivity index (χ2v) is 5.89. The molecule has 1 aliphatic carbocycles. The molecule has 1 fully saturated rings. The lowest BCUT2D eigenvalue weighted by atomic mass is 10.1. The molecule has 0 spiro atoms. The lowest BCUT2D eigenvalue weighted by molar-refractivity contribution is 0.0931. The third-order valence-electron chi connectivity index (χ3n) is 3.62. The van der Waals surface area contributed by atoms with Crippen LogP contribution in [-0.2, 0) is 0 Å². The number of nitrogens with one attached hydrogen (secondary N) is 1. The molecule has 2 rings (SSSR count). The lowest BCUT2D eigenvalue weighted by Crippen LogP contribution is -2.32. The topological polar surface area (TPSA) is 67.8 Å². The first-order chi connectivity index (χ1) is 9.55. The van der Waals surface area contributed by atoms with Crippen LogP contribution in [-0.4, -0.2) is 38.4 Å². The smallest absolute Gasteiger partial charge is 0.255 e. The van der Waals surface area contributed by atoms with Crippen molar-refractivity contribution >= 4 is 21.8 Å². The van der Waals surface area contributed by atoms with Crippen LogP contribution in [0.5, 0.6) is 11.5 Å². The summed E-state index contributed by atoms with van der Waals surface area (Å²) in [6.45, 7) is 0.576. The Morgan fingerprint density at radius 3 is 2.60 bits per heavy atom. The van der Waals surface area contributed by atoms with Gasteiger partial charge in [-0.2, -0.15) is 0 Å². The zero-order valence-corrected chi connectivity index (χ0v) is 13.1. The Balaban J connectivity index is 2.17. The van der Waals surface area contributed by atoms with Crippen molar-refractivity contribution in [3.8, 4) is 11.5 Å². The molecule has 0 atom stereocenters. The number of methoxy groups -OCH3 is 2. The largest absolute Gasteiger partial charge is 0.497 e. The van der Waals surface area contributed by atoms with E-state index in [1.807, 2.05) is 0 Å². The number of aliphatic hydroxyl groups is 1. The van der Waals surface area contributed by atoms with Gasteiger partial charge in [0, 0.05) is 12.0 Å². The summed E-state index contributed by atoms with van der Waals surface area (Å²) >= 11 is 3.36. The molecule has 1 aliphatic rings. The fourth-order valence-electron chi connectivity index (χ4n) is 1.99. The zero-order chi connectivity index (χ0) is 14.8. The highest BCUT2D eigenvalue weighted by Gasteiger charge is 2.42. The highest BCUT2D eigenvalue weighted by Crippen LogP contribution is 2.44. The number of ether oxygens (including phenoxy) is 2. The summed E-state index contributed by atoms with van der Waals surface area (Å²) in [6.07, 6.45) is 1.89. The number of hydrogen-bond donors (Lipinski definition) is 2. The molecule has 0 heterocycles. The van der Waals surface area contributed by atoms with Gasteiger partial charge in [0.2, 0.25) is 0 Å². The van der Waals surface area contributed by atoms with Gasteiger partial charge in [-0.3, -0.25) is 4.79 Å². The van der Waals surface area contributed by atoms with E-state index in [-0.39, 0.29) is 17.9 Å². The molecule has 0 radical (unpaired) electrons. The summed E-state index contributed by atoms with van der Waals surface area (Å²) in [5, 5.41) is 12.1. The fraction of sp³-hybridized carbons (Fsp3) is 0.500. The first-order valence-electron chi connectivity index (χ1n) is 6.36. The first-order valence-corrected chi connectivity index (χ1v) is 7.15. The van der Waals surface area contributed by atoms with Crippen molar-refractivity contribution in [1.82, 2.24) is 5.32 Å². The Kier molecular flexibility index (Phi) is 4.55. The van der Waals surface area contributed by atoms with E-state index < -0.39 is 0 Å². The molecule has 6 heteroatoms. The molecule has 1 aromatic rings. The van der Waals surface area contributed by atoms with Gasteiger partial charge in [-0.25, -0.2) is 0 Å². The van der Waals surface area contributed by atoms with Gasteiger partial charge < -0.3 is 19.9 Å². The van der Waals surface area contributed by atoms with Crippen molar-refractivity contribution in [2.75, 3.05) is 27.4 Å². The minimum atomic E-state index is -0.235. The Bertz CT molecular complexity index is 514. The Hall–Kier alpha value is -1.27. The molecule has 1 amide bonds. The van der Waals surface area contributed by atoms with Crippen molar-refractivity contribution in [3.63, 3.8) is 0 Å². The minimum absolute atomic E-state index is 0.103. The summed E-state index contributed by atoms with van der Waals surface area (Å²) in [4.78, 5) is 12.3. The molecule has 0 saturated heterocycles. The van der Waals surface area contributed by atoms with Crippen molar-refractivity contribution in [2.45, 2.75) is 12.8 Å². The minimum Gasteiger partial charge on any atom is -0.497 e. The predicted molar refractivity (Wildman–Crippen MR) is 78.3 cm³/mol. The van der Waals surface area contributed by atoms with Gasteiger partial charge in [-0.1, -0.05) is 0 Å². The van der Waals surface area contributed by atoms with E-state index in [9.17, 15) is 9.90 Å². The maximum atomic E-state index is 12.3. The van der Waals surface area contributed by atoms with E-state index in [2.05, 4.69) is 21.2 Å². The van der Waals surface area contributed by atoms with Crippen LogP contribution in [0.15, 0.2) is 16.6 Å². The molecular formula is C14H18BrNO4. The van der Waals surface area contributed by atoms with E-state index in [0.717, 1.165) is 12.8 Å². The van der Waals surface area contributed by atoms with E-state index in [1.165, 1.54) is 7.11 Å². The van der Waals surface area contributed by atoms with Gasteiger partial charge in [-0.05, 0) is 40.9 Å². The van der Waals surface area contributed by atoms with Crippen LogP contribution in [0.3, 0.4) is 0 Å². The zero-order valence-electron chi connectivity index (χ0n) is 11.5. The predicted octanol–water partition coefficient (Wildman–Crippen LogP) is 1.97. The Morgan fingerprint density at radius 2 is 2.10 bits per heavy atom. The molecule has 20 heavy (non-hydrogen) atoms. The summed E-state index contributed by atoms with van der Waals surface area (Å²) in [6, 6.07) is 3.38. The van der Waals surface area contributed by atoms with Gasteiger partial charge >= 0.3 is 0 Å². The molecular weight excluding hydrogens is 326 g/mol.